The molecule has 0 saturated carbocycles. The van der Waals surface area contributed by atoms with Crippen LogP contribution in [0, 0.1) is 0 Å². The van der Waals surface area contributed by atoms with Crippen LogP contribution in [0.3, 0.4) is 0 Å². The van der Waals surface area contributed by atoms with Gasteiger partial charge in [-0.1, -0.05) is 45.3 Å². The largest absolute Gasteiger partial charge is 0.412 e. The zero-order valence-corrected chi connectivity index (χ0v) is 21.0. The van der Waals surface area contributed by atoms with Crippen LogP contribution >= 0.6 is 0 Å². The lowest BCUT2D eigenvalue weighted by Gasteiger charge is -2.53. The Bertz CT molecular complexity index is 440. The first kappa shape index (κ1) is 24.1. The van der Waals surface area contributed by atoms with Crippen molar-refractivity contribution in [3.05, 3.63) is 24.6 Å². The summed E-state index contributed by atoms with van der Waals surface area (Å²) in [7, 11) is -5.73. The van der Waals surface area contributed by atoms with Gasteiger partial charge in [-0.15, -0.1) is 13.2 Å². The molecule has 142 valence electrons. The van der Waals surface area contributed by atoms with E-state index in [1.165, 1.54) is 0 Å². The van der Waals surface area contributed by atoms with E-state index < -0.39 is 24.7 Å². The lowest BCUT2D eigenvalue weighted by Crippen LogP contribution is -2.67. The minimum Gasteiger partial charge on any atom is -0.412 e. The summed E-state index contributed by atoms with van der Waals surface area (Å²) in [6.07, 6.45) is 2.99. The first-order valence-corrected chi connectivity index (χ1v) is 18.4. The molecule has 0 aromatic heterocycles. The second-order valence-electron chi connectivity index (χ2n) is 8.73. The van der Waals surface area contributed by atoms with Gasteiger partial charge in [-0.05, 0) is 52.4 Å². The fraction of sp³-hybridized carbons (Fsp3) is 0.789. The van der Waals surface area contributed by atoms with Crippen molar-refractivity contribution in [3.63, 3.8) is 0 Å². The van der Waals surface area contributed by atoms with Crippen LogP contribution in [-0.4, -0.2) is 35.2 Å². The number of rotatable bonds is 11. The van der Waals surface area contributed by atoms with E-state index in [0.717, 1.165) is 19.3 Å². The molecule has 0 fully saturated rings. The summed E-state index contributed by atoms with van der Waals surface area (Å²) in [4.78, 5) is 0. The Labute approximate surface area is 155 Å². The highest BCUT2D eigenvalue weighted by Gasteiger charge is 2.54. The first-order valence-electron chi connectivity index (χ1n) is 9.39. The Morgan fingerprint density at radius 2 is 1.25 bits per heavy atom. The average Bonchev–Trinajstić information content (AvgIpc) is 2.51. The third kappa shape index (κ3) is 4.81. The second-order valence-corrected chi connectivity index (χ2v) is 21.6. The Hall–Kier alpha value is 0.0506. The number of hydrogen-bond donors (Lipinski definition) is 0. The molecule has 2 nitrogen and oxygen atoms in total. The molecule has 5 heteroatoms. The molecule has 24 heavy (non-hydrogen) atoms. The Morgan fingerprint density at radius 3 is 1.54 bits per heavy atom. The molecule has 0 spiro atoms. The van der Waals surface area contributed by atoms with E-state index in [9.17, 15) is 0 Å². The quantitative estimate of drug-likeness (QED) is 0.383. The van der Waals surface area contributed by atoms with Gasteiger partial charge in [0, 0.05) is 5.22 Å². The molecule has 0 bridgehead atoms. The molecule has 0 aliphatic rings. The third-order valence-electron chi connectivity index (χ3n) is 6.22. The third-order valence-corrected chi connectivity index (χ3v) is 16.7. The van der Waals surface area contributed by atoms with E-state index in [4.69, 9.17) is 8.85 Å². The lowest BCUT2D eigenvalue weighted by atomic mass is 10.2. The van der Waals surface area contributed by atoms with Crippen molar-refractivity contribution in [3.8, 4) is 0 Å². The zero-order valence-electron chi connectivity index (χ0n) is 18.0. The van der Waals surface area contributed by atoms with Gasteiger partial charge < -0.3 is 8.85 Å². The molecule has 0 aromatic rings. The molecule has 0 aliphatic heterocycles. The smallest absolute Gasteiger partial charge is 0.217 e. The molecule has 0 radical (unpaired) electrons. The van der Waals surface area contributed by atoms with Crippen molar-refractivity contribution in [2.75, 3.05) is 0 Å². The molecule has 0 aromatic carbocycles. The van der Waals surface area contributed by atoms with Gasteiger partial charge in [0.25, 0.3) is 0 Å². The summed E-state index contributed by atoms with van der Waals surface area (Å²) in [5, 5.41) is -0.276. The Morgan fingerprint density at radius 1 is 0.792 bits per heavy atom. The van der Waals surface area contributed by atoms with Crippen LogP contribution in [0.25, 0.3) is 0 Å². The minimum absolute atomic E-state index is 0.108. The van der Waals surface area contributed by atoms with E-state index in [2.05, 4.69) is 85.8 Å². The molecule has 0 amide bonds. The lowest BCUT2D eigenvalue weighted by molar-refractivity contribution is 0.0644. The van der Waals surface area contributed by atoms with Crippen LogP contribution < -0.4 is 0 Å². The van der Waals surface area contributed by atoms with Crippen molar-refractivity contribution in [2.45, 2.75) is 96.7 Å². The van der Waals surface area contributed by atoms with E-state index in [0.29, 0.717) is 0 Å². The van der Waals surface area contributed by atoms with E-state index in [1.807, 2.05) is 5.70 Å². The van der Waals surface area contributed by atoms with Crippen molar-refractivity contribution in [1.82, 2.24) is 0 Å². The maximum Gasteiger partial charge on any atom is 0.217 e. The van der Waals surface area contributed by atoms with Crippen molar-refractivity contribution in [2.24, 2.45) is 0 Å². The predicted octanol–water partition coefficient (Wildman–Crippen LogP) is 6.39. The fourth-order valence-electron chi connectivity index (χ4n) is 3.45. The minimum atomic E-state index is -2.14. The predicted molar refractivity (Wildman–Crippen MR) is 117 cm³/mol. The van der Waals surface area contributed by atoms with E-state index in [1.54, 1.807) is 0 Å². The molecular weight excluding hydrogens is 344 g/mol. The first-order chi connectivity index (χ1) is 10.7. The van der Waals surface area contributed by atoms with Crippen LogP contribution in [0.5, 0.6) is 0 Å². The molecule has 0 rings (SSSR count). The highest BCUT2D eigenvalue weighted by molar-refractivity contribution is 6.86. The zero-order chi connectivity index (χ0) is 19.4. The Balaban J connectivity index is 5.94. The van der Waals surface area contributed by atoms with E-state index in [-0.39, 0.29) is 10.4 Å². The van der Waals surface area contributed by atoms with Gasteiger partial charge in [-0.2, -0.15) is 0 Å². The van der Waals surface area contributed by atoms with Crippen LogP contribution in [0.15, 0.2) is 24.6 Å². The molecule has 0 N–H and O–H groups in total. The molecular formula is C19H42O2Si3. The topological polar surface area (TPSA) is 18.5 Å². The van der Waals surface area contributed by atoms with Gasteiger partial charge in [0.15, 0.2) is 0 Å². The highest BCUT2D eigenvalue weighted by Crippen LogP contribution is 2.41. The van der Waals surface area contributed by atoms with Gasteiger partial charge >= 0.3 is 0 Å². The molecule has 0 aliphatic carbocycles. The fourth-order valence-corrected chi connectivity index (χ4v) is 12.9. The molecule has 1 atom stereocenters. The number of hydrogen-bond acceptors (Lipinski definition) is 2. The molecule has 0 unspecified atom stereocenters. The van der Waals surface area contributed by atoms with Crippen LogP contribution in [0.4, 0.5) is 0 Å². The van der Waals surface area contributed by atoms with Gasteiger partial charge in [0.1, 0.15) is 8.07 Å². The van der Waals surface area contributed by atoms with E-state index >= 15 is 0 Å². The van der Waals surface area contributed by atoms with Gasteiger partial charge in [0.2, 0.25) is 16.6 Å². The van der Waals surface area contributed by atoms with Crippen molar-refractivity contribution in [1.29, 1.82) is 0 Å². The molecule has 0 saturated heterocycles. The summed E-state index contributed by atoms with van der Waals surface area (Å²) in [5.74, 6) is 0. The normalized spacial score (nSPS) is 16.6. The summed E-state index contributed by atoms with van der Waals surface area (Å²) >= 11 is 0. The highest BCUT2D eigenvalue weighted by atomic mass is 28.4. The molecule has 0 heterocycles. The summed E-state index contributed by atoms with van der Waals surface area (Å²) < 4.78 is 13.9. The average molecular weight is 387 g/mol. The van der Waals surface area contributed by atoms with Crippen molar-refractivity contribution >= 4 is 24.7 Å². The maximum absolute atomic E-state index is 7.06. The summed E-state index contributed by atoms with van der Waals surface area (Å²) in [5.41, 5.74) is 4.21. The van der Waals surface area contributed by atoms with Crippen LogP contribution in [0.2, 0.25) is 39.3 Å². The van der Waals surface area contributed by atoms with Gasteiger partial charge in [0.05, 0.1) is 5.22 Å². The maximum atomic E-state index is 7.06. The monoisotopic (exact) mass is 386 g/mol. The second kappa shape index (κ2) is 8.16. The Kier molecular flexibility index (Phi) is 8.18. The summed E-state index contributed by atoms with van der Waals surface area (Å²) in [6, 6.07) is 0. The van der Waals surface area contributed by atoms with Gasteiger partial charge in [-0.3, -0.25) is 0 Å². The van der Waals surface area contributed by atoms with Crippen LogP contribution in [0.1, 0.15) is 47.0 Å². The van der Waals surface area contributed by atoms with Crippen LogP contribution in [-0.2, 0) is 8.85 Å². The van der Waals surface area contributed by atoms with Crippen molar-refractivity contribution < 1.29 is 8.85 Å². The van der Waals surface area contributed by atoms with Gasteiger partial charge in [-0.25, -0.2) is 0 Å². The standard InChI is InChI=1S/C19H42O2Si3/c1-13-18(6,22(7,8)16-4)20-24(11,12)19(14-2,15-3)21-23(9,10)17-5/h16-17H,4-5,13-15H2,1-3,6-12H3/t18-/m1/s1. The summed E-state index contributed by atoms with van der Waals surface area (Å²) in [6.45, 7) is 31.0. The SMILES string of the molecule is C=C[Si](C)(C)OC(CC)(CC)[Si](C)(C)O[C@@](C)(CC)[Si](C)(C)C=C.